The molecule has 0 spiro atoms. The number of nitrogens with zero attached hydrogens (tertiary/aromatic N) is 1. The summed E-state index contributed by atoms with van der Waals surface area (Å²) >= 11 is 0. The number of hydrogen-bond donors (Lipinski definition) is 3. The lowest BCUT2D eigenvalue weighted by Crippen LogP contribution is -2.35. The Kier molecular flexibility index (Phi) is 7.66. The van der Waals surface area contributed by atoms with Crippen LogP contribution in [-0.2, 0) is 0 Å². The van der Waals surface area contributed by atoms with E-state index in [2.05, 4.69) is 27.8 Å². The Labute approximate surface area is 187 Å². The van der Waals surface area contributed by atoms with Gasteiger partial charge in [-0.15, -0.1) is 0 Å². The summed E-state index contributed by atoms with van der Waals surface area (Å²) < 4.78 is 26.9. The maximum absolute atomic E-state index is 13.8. The first-order chi connectivity index (χ1) is 15.2. The first kappa shape index (κ1) is 23.5. The highest BCUT2D eigenvalue weighted by Gasteiger charge is 2.22. The van der Waals surface area contributed by atoms with Crippen molar-refractivity contribution in [3.05, 3.63) is 53.6 Å². The molecule has 0 saturated carbocycles. The highest BCUT2D eigenvalue weighted by atomic mass is 19.1. The molecule has 0 radical (unpaired) electrons. The lowest BCUT2D eigenvalue weighted by molar-refractivity contribution is 0.0949. The third kappa shape index (κ3) is 6.18. The summed E-state index contributed by atoms with van der Waals surface area (Å²) in [5, 5.41) is 7.92. The summed E-state index contributed by atoms with van der Waals surface area (Å²) in [4.78, 5) is 27.5. The number of halogens is 2. The number of urea groups is 1. The van der Waals surface area contributed by atoms with Gasteiger partial charge in [0.25, 0.3) is 5.91 Å². The maximum atomic E-state index is 13.8. The van der Waals surface area contributed by atoms with Crippen LogP contribution in [0.5, 0.6) is 0 Å². The molecule has 3 N–H and O–H groups in total. The molecule has 2 aromatic rings. The maximum Gasteiger partial charge on any atom is 0.323 e. The Morgan fingerprint density at radius 1 is 1.06 bits per heavy atom. The molecule has 1 heterocycles. The minimum absolute atomic E-state index is 0.141. The molecule has 1 aliphatic rings. The second kappa shape index (κ2) is 10.4. The largest absolute Gasteiger partial charge is 0.371 e. The van der Waals surface area contributed by atoms with Crippen LogP contribution in [0.1, 0.15) is 44.0 Å². The number of benzene rings is 2. The van der Waals surface area contributed by atoms with Crippen molar-refractivity contribution in [2.45, 2.75) is 33.6 Å². The second-order valence-corrected chi connectivity index (χ2v) is 8.71. The fourth-order valence-corrected chi connectivity index (χ4v) is 3.59. The third-order valence-electron chi connectivity index (χ3n) is 5.47. The second-order valence-electron chi connectivity index (χ2n) is 8.71. The summed E-state index contributed by atoms with van der Waals surface area (Å²) in [6, 6.07) is 7.38. The first-order valence-electron chi connectivity index (χ1n) is 10.9. The summed E-state index contributed by atoms with van der Waals surface area (Å²) in [6.07, 6.45) is 2.11. The van der Waals surface area contributed by atoms with Crippen molar-refractivity contribution in [1.29, 1.82) is 0 Å². The van der Waals surface area contributed by atoms with Crippen molar-refractivity contribution < 1.29 is 18.4 Å². The van der Waals surface area contributed by atoms with E-state index in [4.69, 9.17) is 0 Å². The summed E-state index contributed by atoms with van der Waals surface area (Å²) in [6.45, 7) is 8.53. The zero-order chi connectivity index (χ0) is 23.3. The van der Waals surface area contributed by atoms with Gasteiger partial charge in [-0.05, 0) is 55.0 Å². The summed E-state index contributed by atoms with van der Waals surface area (Å²) in [7, 11) is 0. The van der Waals surface area contributed by atoms with Crippen LogP contribution in [0.25, 0.3) is 0 Å². The predicted molar refractivity (Wildman–Crippen MR) is 123 cm³/mol. The summed E-state index contributed by atoms with van der Waals surface area (Å²) in [5.41, 5.74) is 1.56. The van der Waals surface area contributed by atoms with Gasteiger partial charge in [-0.1, -0.05) is 20.8 Å². The number of nitrogens with one attached hydrogen (secondary N) is 3. The highest BCUT2D eigenvalue weighted by Crippen LogP contribution is 2.29. The van der Waals surface area contributed by atoms with Gasteiger partial charge in [0.1, 0.15) is 11.6 Å². The monoisotopic (exact) mass is 444 g/mol. The number of hydrogen-bond acceptors (Lipinski definition) is 3. The molecule has 2 aromatic carbocycles. The molecule has 172 valence electrons. The van der Waals surface area contributed by atoms with Gasteiger partial charge >= 0.3 is 6.03 Å². The predicted octanol–water partition coefficient (Wildman–Crippen LogP) is 5.23. The van der Waals surface area contributed by atoms with Crippen LogP contribution in [-0.4, -0.2) is 31.6 Å². The van der Waals surface area contributed by atoms with E-state index in [1.54, 1.807) is 12.1 Å². The average Bonchev–Trinajstić information content (AvgIpc) is 2.74. The number of carbonyl (C=O) groups excluding carboxylic acids is 2. The number of piperidine rings is 1. The lowest BCUT2D eigenvalue weighted by Gasteiger charge is -2.33. The van der Waals surface area contributed by atoms with E-state index in [0.29, 0.717) is 35.7 Å². The van der Waals surface area contributed by atoms with Gasteiger partial charge in [-0.25, -0.2) is 13.6 Å². The molecule has 0 aliphatic carbocycles. The molecule has 8 heteroatoms. The lowest BCUT2D eigenvalue weighted by atomic mass is 9.97. The molecule has 1 saturated heterocycles. The molecule has 0 bridgehead atoms. The fourth-order valence-electron chi connectivity index (χ4n) is 3.59. The van der Waals surface area contributed by atoms with E-state index in [-0.39, 0.29) is 11.6 Å². The van der Waals surface area contributed by atoms with E-state index >= 15 is 0 Å². The van der Waals surface area contributed by atoms with Gasteiger partial charge in [0.2, 0.25) is 0 Å². The number of carbonyl (C=O) groups is 2. The molecule has 6 nitrogen and oxygen atoms in total. The standard InChI is InChI=1S/C24H30F2N4O2/c1-15(2)14-27-23(31)19-13-18(5-7-22(19)30-10-8-16(3)9-11-30)28-24(32)29-21-6-4-17(25)12-20(21)26/h4-7,12-13,15-16H,8-11,14H2,1-3H3,(H,27,31)(H2,28,29,32). The van der Waals surface area contributed by atoms with Crippen molar-refractivity contribution in [2.24, 2.45) is 11.8 Å². The SMILES string of the molecule is CC(C)CNC(=O)c1cc(NC(=O)Nc2ccc(F)cc2F)ccc1N1CCC(C)CC1. The van der Waals surface area contributed by atoms with Gasteiger partial charge in [-0.2, -0.15) is 0 Å². The molecular formula is C24H30F2N4O2. The van der Waals surface area contributed by atoms with Gasteiger partial charge in [-0.3, -0.25) is 4.79 Å². The number of anilines is 3. The van der Waals surface area contributed by atoms with E-state index in [0.717, 1.165) is 43.8 Å². The van der Waals surface area contributed by atoms with Crippen LogP contribution in [0.2, 0.25) is 0 Å². The summed E-state index contributed by atoms with van der Waals surface area (Å²) in [5.74, 6) is -0.852. The van der Waals surface area contributed by atoms with E-state index in [1.165, 1.54) is 0 Å². The first-order valence-corrected chi connectivity index (χ1v) is 10.9. The third-order valence-corrected chi connectivity index (χ3v) is 5.47. The Balaban J connectivity index is 1.79. The Morgan fingerprint density at radius 2 is 1.78 bits per heavy atom. The van der Waals surface area contributed by atoms with E-state index < -0.39 is 17.7 Å². The molecule has 0 unspecified atom stereocenters. The quantitative estimate of drug-likeness (QED) is 0.571. The minimum Gasteiger partial charge on any atom is -0.371 e. The van der Waals surface area contributed by atoms with Crippen LogP contribution in [0.4, 0.5) is 30.6 Å². The minimum atomic E-state index is -0.872. The van der Waals surface area contributed by atoms with Gasteiger partial charge in [0.15, 0.2) is 0 Å². The molecule has 32 heavy (non-hydrogen) atoms. The van der Waals surface area contributed by atoms with Crippen molar-refractivity contribution in [3.63, 3.8) is 0 Å². The zero-order valence-corrected chi connectivity index (χ0v) is 18.7. The Hall–Kier alpha value is -3.16. The van der Waals surface area contributed by atoms with Crippen molar-refractivity contribution >= 4 is 29.0 Å². The fraction of sp³-hybridized carbons (Fsp3) is 0.417. The van der Waals surface area contributed by atoms with Crippen LogP contribution >= 0.6 is 0 Å². The van der Waals surface area contributed by atoms with Crippen LogP contribution < -0.4 is 20.9 Å². The van der Waals surface area contributed by atoms with Crippen LogP contribution in [0.3, 0.4) is 0 Å². The van der Waals surface area contributed by atoms with Crippen LogP contribution in [0.15, 0.2) is 36.4 Å². The van der Waals surface area contributed by atoms with Crippen LogP contribution in [0, 0.1) is 23.5 Å². The van der Waals surface area contributed by atoms with Gasteiger partial charge in [0.05, 0.1) is 11.3 Å². The smallest absolute Gasteiger partial charge is 0.323 e. The number of rotatable bonds is 6. The van der Waals surface area contributed by atoms with Gasteiger partial charge < -0.3 is 20.9 Å². The molecule has 3 amide bonds. The molecule has 0 aromatic heterocycles. The molecule has 3 rings (SSSR count). The molecular weight excluding hydrogens is 414 g/mol. The average molecular weight is 445 g/mol. The Bertz CT molecular complexity index is 972. The molecule has 1 fully saturated rings. The number of amides is 3. The topological polar surface area (TPSA) is 73.5 Å². The molecule has 1 aliphatic heterocycles. The Morgan fingerprint density at radius 3 is 2.44 bits per heavy atom. The molecule has 0 atom stereocenters. The normalized spacial score (nSPS) is 14.4. The zero-order valence-electron chi connectivity index (χ0n) is 18.7. The van der Waals surface area contributed by atoms with E-state index in [1.807, 2.05) is 19.9 Å². The van der Waals surface area contributed by atoms with Crippen molar-refractivity contribution in [2.75, 3.05) is 35.2 Å². The van der Waals surface area contributed by atoms with E-state index in [9.17, 15) is 18.4 Å². The highest BCUT2D eigenvalue weighted by molar-refractivity contribution is 6.04. The van der Waals surface area contributed by atoms with Crippen molar-refractivity contribution in [3.8, 4) is 0 Å². The van der Waals surface area contributed by atoms with Gasteiger partial charge in [0, 0.05) is 37.1 Å². The van der Waals surface area contributed by atoms with Crippen molar-refractivity contribution in [1.82, 2.24) is 5.32 Å².